The van der Waals surface area contributed by atoms with Crippen molar-refractivity contribution in [3.63, 3.8) is 0 Å². The molecule has 1 aliphatic rings. The number of carbonyl (C=O) groups is 1. The zero-order valence-corrected chi connectivity index (χ0v) is 8.27. The minimum absolute atomic E-state index is 0.00130. The first-order valence-electron chi connectivity index (χ1n) is 3.59. The summed E-state index contributed by atoms with van der Waals surface area (Å²) >= 11 is 3.31. The zero-order chi connectivity index (χ0) is 8.43. The summed E-state index contributed by atoms with van der Waals surface area (Å²) in [4.78, 5) is 11.3. The van der Waals surface area contributed by atoms with Crippen molar-refractivity contribution in [1.82, 2.24) is 0 Å². The molecule has 0 radical (unpaired) electrons. The van der Waals surface area contributed by atoms with E-state index in [1.165, 1.54) is 0 Å². The van der Waals surface area contributed by atoms with Gasteiger partial charge in [0.2, 0.25) is 0 Å². The number of halogens is 1. The number of rotatable bonds is 1. The Hall–Kier alpha value is -0.310. The van der Waals surface area contributed by atoms with Crippen LogP contribution in [-0.4, -0.2) is 17.7 Å². The highest BCUT2D eigenvalue weighted by atomic mass is 79.9. The number of ketones is 1. The molecule has 0 spiro atoms. The number of hydrogen-bond donors (Lipinski definition) is 0. The third-order valence-electron chi connectivity index (χ3n) is 1.94. The van der Waals surface area contributed by atoms with Crippen LogP contribution in [0, 0.1) is 0 Å². The number of Topliss-reactive ketones (excluding diaryl/α,β-unsaturated/α-hetero) is 1. The summed E-state index contributed by atoms with van der Waals surface area (Å²) in [5.74, 6) is 0.999. The average Bonchev–Trinajstić information content (AvgIpc) is 2.01. The van der Waals surface area contributed by atoms with Gasteiger partial charge in [0.1, 0.15) is 5.76 Å². The molecule has 0 saturated carbocycles. The van der Waals surface area contributed by atoms with Gasteiger partial charge in [-0.1, -0.05) is 15.9 Å². The highest BCUT2D eigenvalue weighted by molar-refractivity contribution is 9.10. The van der Waals surface area contributed by atoms with Crippen molar-refractivity contribution in [2.24, 2.45) is 0 Å². The molecule has 1 atom stereocenters. The first-order chi connectivity index (χ1) is 5.16. The standard InChI is InChI=1S/C8H11BrO2/c1-5-7(11-2)4-3-6(9)8(5)10/h6H,3-4H2,1-2H3. The molecule has 1 unspecified atom stereocenters. The Morgan fingerprint density at radius 3 is 2.82 bits per heavy atom. The molecule has 0 heterocycles. The summed E-state index contributed by atoms with van der Waals surface area (Å²) in [6.07, 6.45) is 1.71. The van der Waals surface area contributed by atoms with Crippen molar-refractivity contribution in [1.29, 1.82) is 0 Å². The molecule has 2 nitrogen and oxygen atoms in total. The van der Waals surface area contributed by atoms with Gasteiger partial charge in [0.15, 0.2) is 5.78 Å². The molecule has 0 saturated heterocycles. The summed E-state index contributed by atoms with van der Waals surface area (Å²) < 4.78 is 5.06. The fourth-order valence-electron chi connectivity index (χ4n) is 1.20. The number of alkyl halides is 1. The number of methoxy groups -OCH3 is 1. The maximum atomic E-state index is 11.3. The van der Waals surface area contributed by atoms with Gasteiger partial charge >= 0.3 is 0 Å². The Kier molecular flexibility index (Phi) is 2.71. The minimum atomic E-state index is 0.00130. The van der Waals surface area contributed by atoms with Crippen LogP contribution >= 0.6 is 15.9 Å². The van der Waals surface area contributed by atoms with Gasteiger partial charge in [-0.3, -0.25) is 4.79 Å². The SMILES string of the molecule is COC1=C(C)C(=O)C(Br)CC1. The molecule has 0 bridgehead atoms. The van der Waals surface area contributed by atoms with Crippen molar-refractivity contribution in [2.75, 3.05) is 7.11 Å². The van der Waals surface area contributed by atoms with Gasteiger partial charge in [-0.25, -0.2) is 0 Å². The van der Waals surface area contributed by atoms with E-state index < -0.39 is 0 Å². The molecule has 3 heteroatoms. The molecule has 0 amide bonds. The van der Waals surface area contributed by atoms with Crippen LogP contribution < -0.4 is 0 Å². The molecule has 62 valence electrons. The number of hydrogen-bond acceptors (Lipinski definition) is 2. The lowest BCUT2D eigenvalue weighted by Crippen LogP contribution is -2.21. The summed E-state index contributed by atoms with van der Waals surface area (Å²) in [6, 6.07) is 0. The van der Waals surface area contributed by atoms with E-state index in [-0.39, 0.29) is 10.6 Å². The normalized spacial score (nSPS) is 25.7. The van der Waals surface area contributed by atoms with Crippen LogP contribution in [0.15, 0.2) is 11.3 Å². The van der Waals surface area contributed by atoms with E-state index in [4.69, 9.17) is 4.74 Å². The number of ether oxygens (including phenoxy) is 1. The predicted octanol–water partition coefficient (Wildman–Crippen LogP) is 2.03. The molecule has 11 heavy (non-hydrogen) atoms. The number of carbonyl (C=O) groups excluding carboxylic acids is 1. The molecule has 0 fully saturated rings. The van der Waals surface area contributed by atoms with Crippen LogP contribution in [0.3, 0.4) is 0 Å². The highest BCUT2D eigenvalue weighted by Gasteiger charge is 2.25. The van der Waals surface area contributed by atoms with Gasteiger partial charge in [0, 0.05) is 12.0 Å². The molecule has 0 aliphatic heterocycles. The second-order valence-electron chi connectivity index (χ2n) is 2.62. The molecular formula is C8H11BrO2. The van der Waals surface area contributed by atoms with Crippen molar-refractivity contribution < 1.29 is 9.53 Å². The molecule has 0 aromatic heterocycles. The van der Waals surface area contributed by atoms with E-state index in [0.29, 0.717) is 0 Å². The van der Waals surface area contributed by atoms with Crippen LogP contribution in [-0.2, 0) is 9.53 Å². The average molecular weight is 219 g/mol. The summed E-state index contributed by atoms with van der Waals surface area (Å²) in [6.45, 7) is 1.81. The van der Waals surface area contributed by atoms with Gasteiger partial charge < -0.3 is 4.74 Å². The van der Waals surface area contributed by atoms with E-state index in [1.807, 2.05) is 6.92 Å². The van der Waals surface area contributed by atoms with Gasteiger partial charge in [0.05, 0.1) is 11.9 Å². The first-order valence-corrected chi connectivity index (χ1v) is 4.50. The Balaban J connectivity index is 2.87. The summed E-state index contributed by atoms with van der Waals surface area (Å²) in [5, 5.41) is 0. The second kappa shape index (κ2) is 3.39. The molecule has 0 aromatic carbocycles. The monoisotopic (exact) mass is 218 g/mol. The Labute approximate surface area is 74.7 Å². The molecular weight excluding hydrogens is 208 g/mol. The molecule has 0 N–H and O–H groups in total. The quantitative estimate of drug-likeness (QED) is 0.630. The third-order valence-corrected chi connectivity index (χ3v) is 2.82. The third kappa shape index (κ3) is 1.64. The van der Waals surface area contributed by atoms with Crippen LogP contribution in [0.25, 0.3) is 0 Å². The second-order valence-corrected chi connectivity index (χ2v) is 3.73. The number of allylic oxidation sites excluding steroid dienone is 2. The maximum absolute atomic E-state index is 11.3. The Morgan fingerprint density at radius 1 is 1.64 bits per heavy atom. The minimum Gasteiger partial charge on any atom is -0.501 e. The van der Waals surface area contributed by atoms with E-state index in [1.54, 1.807) is 7.11 Å². The predicted molar refractivity (Wildman–Crippen MR) is 46.7 cm³/mol. The topological polar surface area (TPSA) is 26.3 Å². The smallest absolute Gasteiger partial charge is 0.175 e. The van der Waals surface area contributed by atoms with Crippen LogP contribution in [0.2, 0.25) is 0 Å². The van der Waals surface area contributed by atoms with Crippen LogP contribution in [0.4, 0.5) is 0 Å². The van der Waals surface area contributed by atoms with Crippen LogP contribution in [0.1, 0.15) is 19.8 Å². The summed E-state index contributed by atoms with van der Waals surface area (Å²) in [5.41, 5.74) is 0.764. The fourth-order valence-corrected chi connectivity index (χ4v) is 1.78. The molecule has 0 aromatic rings. The van der Waals surface area contributed by atoms with Gasteiger partial charge in [0.25, 0.3) is 0 Å². The van der Waals surface area contributed by atoms with Gasteiger partial charge in [-0.15, -0.1) is 0 Å². The zero-order valence-electron chi connectivity index (χ0n) is 6.69. The lowest BCUT2D eigenvalue weighted by atomic mass is 9.97. The van der Waals surface area contributed by atoms with E-state index >= 15 is 0 Å². The van der Waals surface area contributed by atoms with Crippen molar-refractivity contribution in [2.45, 2.75) is 24.6 Å². The van der Waals surface area contributed by atoms with Crippen molar-refractivity contribution in [3.05, 3.63) is 11.3 Å². The van der Waals surface area contributed by atoms with Gasteiger partial charge in [-0.2, -0.15) is 0 Å². The lowest BCUT2D eigenvalue weighted by Gasteiger charge is -2.19. The molecule has 1 rings (SSSR count). The van der Waals surface area contributed by atoms with Crippen molar-refractivity contribution >= 4 is 21.7 Å². The maximum Gasteiger partial charge on any atom is 0.175 e. The van der Waals surface area contributed by atoms with Crippen LogP contribution in [0.5, 0.6) is 0 Å². The first kappa shape index (κ1) is 8.78. The Bertz CT molecular complexity index is 208. The fraction of sp³-hybridized carbons (Fsp3) is 0.625. The van der Waals surface area contributed by atoms with Gasteiger partial charge in [-0.05, 0) is 13.3 Å². The van der Waals surface area contributed by atoms with E-state index in [2.05, 4.69) is 15.9 Å². The van der Waals surface area contributed by atoms with E-state index in [0.717, 1.165) is 24.2 Å². The largest absolute Gasteiger partial charge is 0.501 e. The van der Waals surface area contributed by atoms with Crippen molar-refractivity contribution in [3.8, 4) is 0 Å². The lowest BCUT2D eigenvalue weighted by molar-refractivity contribution is -0.115. The Morgan fingerprint density at radius 2 is 2.27 bits per heavy atom. The summed E-state index contributed by atoms with van der Waals surface area (Å²) in [7, 11) is 1.61. The highest BCUT2D eigenvalue weighted by Crippen LogP contribution is 2.26. The van der Waals surface area contributed by atoms with E-state index in [9.17, 15) is 4.79 Å². The molecule has 1 aliphatic carbocycles.